The Kier molecular flexibility index (Phi) is 4.67. The lowest BCUT2D eigenvalue weighted by molar-refractivity contribution is 0.112. The van der Waals surface area contributed by atoms with Gasteiger partial charge in [0.05, 0.1) is 0 Å². The maximum absolute atomic E-state index is 10.5. The van der Waals surface area contributed by atoms with E-state index in [2.05, 4.69) is 31.9 Å². The summed E-state index contributed by atoms with van der Waals surface area (Å²) in [6.07, 6.45) is 3.02. The zero-order valence-electron chi connectivity index (χ0n) is 7.09. The molecule has 0 unspecified atom stereocenters. The summed E-state index contributed by atoms with van der Waals surface area (Å²) in [5.74, 6) is 0. The summed E-state index contributed by atoms with van der Waals surface area (Å²) < 4.78 is 0.884. The van der Waals surface area contributed by atoms with Crippen LogP contribution in [0.5, 0.6) is 0 Å². The van der Waals surface area contributed by atoms with Gasteiger partial charge in [-0.15, -0.1) is 0 Å². The van der Waals surface area contributed by atoms with Crippen molar-refractivity contribution in [3.05, 3.63) is 33.8 Å². The van der Waals surface area contributed by atoms with Crippen molar-refractivity contribution in [1.29, 1.82) is 0 Å². The molecule has 0 aliphatic rings. The number of halogens is 2. The molecule has 0 aromatic heterocycles. The maximum Gasteiger partial charge on any atom is 0.151 e. The molecular weight excluding hydrogens is 296 g/mol. The summed E-state index contributed by atoms with van der Waals surface area (Å²) >= 11 is 6.74. The summed E-state index contributed by atoms with van der Waals surface area (Å²) in [5.41, 5.74) is 1.97. The van der Waals surface area contributed by atoms with Crippen LogP contribution in [-0.2, 0) is 6.42 Å². The lowest BCUT2D eigenvalue weighted by Crippen LogP contribution is -1.89. The lowest BCUT2D eigenvalue weighted by Gasteiger charge is -2.01. The highest BCUT2D eigenvalue weighted by atomic mass is 79.9. The van der Waals surface area contributed by atoms with E-state index in [1.807, 2.05) is 18.2 Å². The van der Waals surface area contributed by atoms with Crippen molar-refractivity contribution >= 4 is 38.1 Å². The zero-order chi connectivity index (χ0) is 9.68. The largest absolute Gasteiger partial charge is 0.298 e. The number of benzene rings is 1. The van der Waals surface area contributed by atoms with E-state index >= 15 is 0 Å². The van der Waals surface area contributed by atoms with Gasteiger partial charge < -0.3 is 0 Å². The first-order valence-electron chi connectivity index (χ1n) is 4.07. The predicted octanol–water partition coefficient (Wildman–Crippen LogP) is 3.59. The fourth-order valence-corrected chi connectivity index (χ4v) is 1.89. The Balaban J connectivity index is 2.77. The second-order valence-corrected chi connectivity index (χ2v) is 4.41. The molecule has 3 heteroatoms. The molecule has 0 radical (unpaired) electrons. The number of hydrogen-bond acceptors (Lipinski definition) is 1. The Morgan fingerprint density at radius 2 is 2.15 bits per heavy atom. The van der Waals surface area contributed by atoms with Gasteiger partial charge in [-0.25, -0.2) is 0 Å². The standard InChI is InChI=1S/C10H10Br2O/c11-5-1-2-8-3-4-9(7-13)10(12)6-8/h3-4,6-7H,1-2,5H2. The number of aldehydes is 1. The maximum atomic E-state index is 10.5. The average Bonchev–Trinajstić information content (AvgIpc) is 2.15. The third-order valence-corrected chi connectivity index (χ3v) is 3.04. The first-order valence-corrected chi connectivity index (χ1v) is 5.99. The number of hydrogen-bond donors (Lipinski definition) is 0. The van der Waals surface area contributed by atoms with Gasteiger partial charge >= 0.3 is 0 Å². The Morgan fingerprint density at radius 3 is 2.69 bits per heavy atom. The fraction of sp³-hybridized carbons (Fsp3) is 0.300. The van der Waals surface area contributed by atoms with E-state index in [9.17, 15) is 4.79 Å². The van der Waals surface area contributed by atoms with Crippen LogP contribution in [0.25, 0.3) is 0 Å². The van der Waals surface area contributed by atoms with Crippen LogP contribution in [0.15, 0.2) is 22.7 Å². The van der Waals surface area contributed by atoms with Crippen LogP contribution < -0.4 is 0 Å². The Morgan fingerprint density at radius 1 is 1.38 bits per heavy atom. The normalized spacial score (nSPS) is 10.0. The van der Waals surface area contributed by atoms with E-state index in [-0.39, 0.29) is 0 Å². The molecule has 0 spiro atoms. The highest BCUT2D eigenvalue weighted by molar-refractivity contribution is 9.10. The molecule has 0 fully saturated rings. The molecule has 13 heavy (non-hydrogen) atoms. The quantitative estimate of drug-likeness (QED) is 0.614. The molecular formula is C10H10Br2O. The molecule has 1 nitrogen and oxygen atoms in total. The minimum absolute atomic E-state index is 0.711. The molecule has 0 N–H and O–H groups in total. The topological polar surface area (TPSA) is 17.1 Å². The van der Waals surface area contributed by atoms with Crippen molar-refractivity contribution in [3.63, 3.8) is 0 Å². The highest BCUT2D eigenvalue weighted by Gasteiger charge is 1.99. The van der Waals surface area contributed by atoms with Crippen molar-refractivity contribution in [1.82, 2.24) is 0 Å². The Labute approximate surface area is 94.8 Å². The second-order valence-electron chi connectivity index (χ2n) is 2.77. The van der Waals surface area contributed by atoms with Crippen LogP contribution in [0.3, 0.4) is 0 Å². The van der Waals surface area contributed by atoms with Crippen molar-refractivity contribution in [2.24, 2.45) is 0 Å². The van der Waals surface area contributed by atoms with Crippen LogP contribution in [0.1, 0.15) is 22.3 Å². The third kappa shape index (κ3) is 3.24. The number of alkyl halides is 1. The zero-order valence-corrected chi connectivity index (χ0v) is 10.3. The van der Waals surface area contributed by atoms with Gasteiger partial charge in [0.1, 0.15) is 0 Å². The third-order valence-electron chi connectivity index (χ3n) is 1.79. The minimum atomic E-state index is 0.711. The second kappa shape index (κ2) is 5.55. The first kappa shape index (κ1) is 10.9. The van der Waals surface area contributed by atoms with E-state index in [1.165, 1.54) is 5.56 Å². The summed E-state index contributed by atoms with van der Waals surface area (Å²) in [4.78, 5) is 10.5. The summed E-state index contributed by atoms with van der Waals surface area (Å²) in [6.45, 7) is 0. The summed E-state index contributed by atoms with van der Waals surface area (Å²) in [6, 6.07) is 5.85. The van der Waals surface area contributed by atoms with Gasteiger partial charge in [-0.3, -0.25) is 4.79 Å². The van der Waals surface area contributed by atoms with Gasteiger partial charge in [-0.1, -0.05) is 44.0 Å². The molecule has 1 rings (SSSR count). The molecule has 0 saturated carbocycles. The number of carbonyl (C=O) groups excluding carboxylic acids is 1. The van der Waals surface area contributed by atoms with Crippen LogP contribution in [0, 0.1) is 0 Å². The first-order chi connectivity index (χ1) is 6.27. The Hall–Kier alpha value is -0.150. The summed E-state index contributed by atoms with van der Waals surface area (Å²) in [5, 5.41) is 1.01. The SMILES string of the molecule is O=Cc1ccc(CCCBr)cc1Br. The lowest BCUT2D eigenvalue weighted by atomic mass is 10.1. The monoisotopic (exact) mass is 304 g/mol. The number of aryl methyl sites for hydroxylation is 1. The molecule has 0 atom stereocenters. The summed E-state index contributed by atoms with van der Waals surface area (Å²) in [7, 11) is 0. The van der Waals surface area contributed by atoms with Gasteiger partial charge in [0.2, 0.25) is 0 Å². The molecule has 0 saturated heterocycles. The molecule has 1 aromatic rings. The van der Waals surface area contributed by atoms with E-state index in [0.29, 0.717) is 5.56 Å². The smallest absolute Gasteiger partial charge is 0.151 e. The van der Waals surface area contributed by atoms with Crippen molar-refractivity contribution in [3.8, 4) is 0 Å². The van der Waals surface area contributed by atoms with Gasteiger partial charge in [-0.2, -0.15) is 0 Å². The van der Waals surface area contributed by atoms with Crippen molar-refractivity contribution in [2.75, 3.05) is 5.33 Å². The molecule has 0 bridgehead atoms. The molecule has 0 aliphatic heterocycles. The van der Waals surface area contributed by atoms with E-state index < -0.39 is 0 Å². The van der Waals surface area contributed by atoms with E-state index in [0.717, 1.165) is 28.9 Å². The van der Waals surface area contributed by atoms with Crippen LogP contribution in [0.2, 0.25) is 0 Å². The molecule has 1 aromatic carbocycles. The molecule has 0 heterocycles. The van der Waals surface area contributed by atoms with Gasteiger partial charge in [0.15, 0.2) is 6.29 Å². The van der Waals surface area contributed by atoms with Crippen LogP contribution >= 0.6 is 31.9 Å². The minimum Gasteiger partial charge on any atom is -0.298 e. The van der Waals surface area contributed by atoms with E-state index in [1.54, 1.807) is 0 Å². The van der Waals surface area contributed by atoms with Gasteiger partial charge in [-0.05, 0) is 24.5 Å². The van der Waals surface area contributed by atoms with E-state index in [4.69, 9.17) is 0 Å². The molecule has 0 amide bonds. The number of rotatable bonds is 4. The van der Waals surface area contributed by atoms with Crippen molar-refractivity contribution < 1.29 is 4.79 Å². The molecule has 0 aliphatic carbocycles. The Bertz CT molecular complexity index is 297. The van der Waals surface area contributed by atoms with Gasteiger partial charge in [0, 0.05) is 15.4 Å². The van der Waals surface area contributed by atoms with Crippen LogP contribution in [-0.4, -0.2) is 11.6 Å². The van der Waals surface area contributed by atoms with Crippen molar-refractivity contribution in [2.45, 2.75) is 12.8 Å². The number of carbonyl (C=O) groups is 1. The van der Waals surface area contributed by atoms with Gasteiger partial charge in [0.25, 0.3) is 0 Å². The highest BCUT2D eigenvalue weighted by Crippen LogP contribution is 2.18. The fourth-order valence-electron chi connectivity index (χ4n) is 1.09. The predicted molar refractivity (Wildman–Crippen MR) is 61.6 cm³/mol. The van der Waals surface area contributed by atoms with Crippen LogP contribution in [0.4, 0.5) is 0 Å². The average molecular weight is 306 g/mol. The molecule has 70 valence electrons.